The highest BCUT2D eigenvalue weighted by Gasteiger charge is 2.07. The molecule has 1 N–H and O–H groups in total. The molecule has 4 heteroatoms. The third-order valence-corrected chi connectivity index (χ3v) is 2.28. The van der Waals surface area contributed by atoms with Gasteiger partial charge in [-0.05, 0) is 45.3 Å². The van der Waals surface area contributed by atoms with Gasteiger partial charge in [0, 0.05) is 10.7 Å². The van der Waals surface area contributed by atoms with Gasteiger partial charge in [-0.3, -0.25) is 0 Å². The van der Waals surface area contributed by atoms with Gasteiger partial charge in [0.05, 0.1) is 5.57 Å². The quantitative estimate of drug-likeness (QED) is 0.366. The van der Waals surface area contributed by atoms with Crippen molar-refractivity contribution in [1.82, 2.24) is 0 Å². The maximum atomic E-state index is 10.8. The number of aliphatic carboxylic acids is 1. The van der Waals surface area contributed by atoms with E-state index in [1.165, 1.54) is 6.92 Å². The van der Waals surface area contributed by atoms with Crippen molar-refractivity contribution in [2.24, 2.45) is 4.99 Å². The number of aliphatic imine (C=N–C) groups is 1. The van der Waals surface area contributed by atoms with Crippen molar-refractivity contribution in [3.63, 3.8) is 0 Å². The van der Waals surface area contributed by atoms with Crippen LogP contribution >= 0.6 is 11.6 Å². The molecule has 18 heavy (non-hydrogen) atoms. The number of nitrogens with zero attached hydrogens (tertiary/aromatic N) is 1. The molecule has 0 aliphatic carbocycles. The number of hydrogen-bond donors (Lipinski definition) is 1. The second-order valence-electron chi connectivity index (χ2n) is 3.60. The lowest BCUT2D eigenvalue weighted by Crippen LogP contribution is -2.02. The Kier molecular flexibility index (Phi) is 6.77. The van der Waals surface area contributed by atoms with Crippen LogP contribution in [0.15, 0.2) is 39.0 Å². The van der Waals surface area contributed by atoms with Crippen molar-refractivity contribution in [3.05, 3.63) is 34.0 Å². The summed E-state index contributed by atoms with van der Waals surface area (Å²) < 4.78 is 0. The SMILES string of the molecule is C#CC(/N=C(C)/C(/C=C(\C)Cl)=C/C)=C(/C)C(=O)O. The van der Waals surface area contributed by atoms with E-state index in [0.717, 1.165) is 5.57 Å². The maximum absolute atomic E-state index is 10.8. The highest BCUT2D eigenvalue weighted by molar-refractivity contribution is 6.29. The van der Waals surface area contributed by atoms with Crippen LogP contribution in [0.1, 0.15) is 27.7 Å². The second-order valence-corrected chi connectivity index (χ2v) is 4.19. The monoisotopic (exact) mass is 265 g/mol. The molecule has 3 nitrogen and oxygen atoms in total. The van der Waals surface area contributed by atoms with E-state index < -0.39 is 5.97 Å². The van der Waals surface area contributed by atoms with Crippen LogP contribution in [-0.2, 0) is 4.79 Å². The molecule has 0 amide bonds. The zero-order chi connectivity index (χ0) is 14.3. The fourth-order valence-electron chi connectivity index (χ4n) is 1.17. The molecule has 0 aliphatic rings. The van der Waals surface area contributed by atoms with Crippen LogP contribution in [0, 0.1) is 12.3 Å². The third-order valence-electron chi connectivity index (χ3n) is 2.18. The molecular weight excluding hydrogens is 250 g/mol. The smallest absolute Gasteiger partial charge is 0.334 e. The Balaban J connectivity index is 5.58. The van der Waals surface area contributed by atoms with Crippen LogP contribution in [0.2, 0.25) is 0 Å². The number of allylic oxidation sites excluding steroid dienone is 5. The van der Waals surface area contributed by atoms with Gasteiger partial charge < -0.3 is 5.11 Å². The average molecular weight is 266 g/mol. The van der Waals surface area contributed by atoms with E-state index in [4.69, 9.17) is 23.1 Å². The molecule has 0 saturated carbocycles. The van der Waals surface area contributed by atoms with Gasteiger partial charge in [0.1, 0.15) is 5.70 Å². The largest absolute Gasteiger partial charge is 0.478 e. The maximum Gasteiger partial charge on any atom is 0.334 e. The predicted molar refractivity (Wildman–Crippen MR) is 75.6 cm³/mol. The van der Waals surface area contributed by atoms with Crippen molar-refractivity contribution in [1.29, 1.82) is 0 Å². The highest BCUT2D eigenvalue weighted by atomic mass is 35.5. The van der Waals surface area contributed by atoms with Gasteiger partial charge in [0.25, 0.3) is 0 Å². The number of carboxylic acid groups (broad SMARTS) is 1. The first-order valence-corrected chi connectivity index (χ1v) is 5.67. The van der Waals surface area contributed by atoms with Crippen molar-refractivity contribution < 1.29 is 9.90 Å². The summed E-state index contributed by atoms with van der Waals surface area (Å²) in [6.07, 6.45) is 8.83. The van der Waals surface area contributed by atoms with Gasteiger partial charge in [-0.25, -0.2) is 9.79 Å². The molecule has 0 rings (SSSR count). The van der Waals surface area contributed by atoms with E-state index in [1.807, 2.05) is 13.0 Å². The van der Waals surface area contributed by atoms with Gasteiger partial charge in [-0.2, -0.15) is 0 Å². The molecule has 0 spiro atoms. The Morgan fingerprint density at radius 2 is 1.94 bits per heavy atom. The summed E-state index contributed by atoms with van der Waals surface area (Å²) in [6, 6.07) is 0. The van der Waals surface area contributed by atoms with Crippen LogP contribution in [0.3, 0.4) is 0 Å². The van der Waals surface area contributed by atoms with Crippen LogP contribution in [-0.4, -0.2) is 16.8 Å². The highest BCUT2D eigenvalue weighted by Crippen LogP contribution is 2.12. The topological polar surface area (TPSA) is 49.7 Å². The molecule has 0 aliphatic heterocycles. The van der Waals surface area contributed by atoms with Crippen molar-refractivity contribution in [2.45, 2.75) is 27.7 Å². The first kappa shape index (κ1) is 16.2. The zero-order valence-corrected chi connectivity index (χ0v) is 11.7. The van der Waals surface area contributed by atoms with Gasteiger partial charge in [0.2, 0.25) is 0 Å². The number of carbonyl (C=O) groups is 1. The third kappa shape index (κ3) is 5.03. The lowest BCUT2D eigenvalue weighted by Gasteiger charge is -2.03. The number of halogens is 1. The number of rotatable bonds is 4. The summed E-state index contributed by atoms with van der Waals surface area (Å²) in [6.45, 7) is 6.76. The van der Waals surface area contributed by atoms with Crippen molar-refractivity contribution in [2.75, 3.05) is 0 Å². The molecule has 0 aromatic rings. The minimum absolute atomic E-state index is 0.0406. The summed E-state index contributed by atoms with van der Waals surface area (Å²) in [5.74, 6) is 1.20. The van der Waals surface area contributed by atoms with Crippen LogP contribution in [0.4, 0.5) is 0 Å². The Morgan fingerprint density at radius 1 is 1.39 bits per heavy atom. The normalized spacial score (nSPS) is 15.0. The zero-order valence-electron chi connectivity index (χ0n) is 10.9. The molecule has 0 fully saturated rings. The molecule has 0 heterocycles. The molecule has 0 aromatic heterocycles. The van der Waals surface area contributed by atoms with E-state index >= 15 is 0 Å². The lowest BCUT2D eigenvalue weighted by atomic mass is 10.1. The van der Waals surface area contributed by atoms with E-state index in [-0.39, 0.29) is 11.3 Å². The standard InChI is InChI=1S/C14H16ClNO2/c1-6-12(8-9(3)15)11(5)16-13(7-2)10(4)14(17)18/h2,6,8H,1,3-5H3,(H,17,18)/b9-8+,12-6+,13-10+,16-11+. The minimum Gasteiger partial charge on any atom is -0.478 e. The number of carboxylic acids is 1. The molecule has 0 bridgehead atoms. The van der Waals surface area contributed by atoms with Crippen LogP contribution in [0.25, 0.3) is 0 Å². The Bertz CT molecular complexity index is 498. The lowest BCUT2D eigenvalue weighted by molar-refractivity contribution is -0.132. The fraction of sp³-hybridized carbons (Fsp3) is 0.286. The van der Waals surface area contributed by atoms with E-state index in [1.54, 1.807) is 19.9 Å². The van der Waals surface area contributed by atoms with Gasteiger partial charge in [0.15, 0.2) is 0 Å². The first-order valence-electron chi connectivity index (χ1n) is 5.30. The molecule has 0 atom stereocenters. The second kappa shape index (κ2) is 7.52. The predicted octanol–water partition coefficient (Wildman–Crippen LogP) is 3.53. The molecule has 0 unspecified atom stereocenters. The van der Waals surface area contributed by atoms with Crippen LogP contribution < -0.4 is 0 Å². The van der Waals surface area contributed by atoms with Crippen LogP contribution in [0.5, 0.6) is 0 Å². The number of hydrogen-bond acceptors (Lipinski definition) is 2. The number of terminal acetylenes is 1. The molecule has 0 radical (unpaired) electrons. The van der Waals surface area contributed by atoms with Gasteiger partial charge in [-0.15, -0.1) is 6.42 Å². The van der Waals surface area contributed by atoms with Crippen molar-refractivity contribution >= 4 is 23.3 Å². The van der Waals surface area contributed by atoms with E-state index in [9.17, 15) is 4.79 Å². The Labute approximate surface area is 113 Å². The Morgan fingerprint density at radius 3 is 2.28 bits per heavy atom. The van der Waals surface area contributed by atoms with E-state index in [0.29, 0.717) is 10.7 Å². The first-order chi connectivity index (χ1) is 8.33. The summed E-state index contributed by atoms with van der Waals surface area (Å²) in [5.41, 5.74) is 1.57. The average Bonchev–Trinajstić information content (AvgIpc) is 2.31. The molecule has 0 aromatic carbocycles. The summed E-state index contributed by atoms with van der Waals surface area (Å²) >= 11 is 5.80. The fourth-order valence-corrected chi connectivity index (χ4v) is 1.29. The minimum atomic E-state index is -1.08. The summed E-state index contributed by atoms with van der Waals surface area (Å²) in [7, 11) is 0. The molecular formula is C14H16ClNO2. The van der Waals surface area contributed by atoms with Gasteiger partial charge in [-0.1, -0.05) is 17.7 Å². The van der Waals surface area contributed by atoms with Gasteiger partial charge >= 0.3 is 5.97 Å². The summed E-state index contributed by atoms with van der Waals surface area (Å²) in [4.78, 5) is 15.0. The molecule has 0 saturated heterocycles. The summed E-state index contributed by atoms with van der Waals surface area (Å²) in [5, 5.41) is 9.48. The Hall–Kier alpha value is -1.79. The molecule has 96 valence electrons. The van der Waals surface area contributed by atoms with Crippen molar-refractivity contribution in [3.8, 4) is 12.3 Å². The van der Waals surface area contributed by atoms with E-state index in [2.05, 4.69) is 10.9 Å².